The number of halogens is 1. The van der Waals surface area contributed by atoms with Crippen LogP contribution in [0, 0.1) is 0 Å². The van der Waals surface area contributed by atoms with E-state index in [1.54, 1.807) is 6.20 Å². The van der Waals surface area contributed by atoms with Crippen molar-refractivity contribution in [3.63, 3.8) is 0 Å². The smallest absolute Gasteiger partial charge is 0.218 e. The predicted molar refractivity (Wildman–Crippen MR) is 123 cm³/mol. The Morgan fingerprint density at radius 2 is 2.07 bits per heavy atom. The number of hydrogen-bond donors (Lipinski definition) is 2. The van der Waals surface area contributed by atoms with E-state index in [0.29, 0.717) is 19.2 Å². The van der Waals surface area contributed by atoms with Crippen LogP contribution in [-0.4, -0.2) is 55.2 Å². The van der Waals surface area contributed by atoms with Crippen LogP contribution in [0.25, 0.3) is 0 Å². The largest absolute Gasteiger partial charge is 0.477 e. The Hall–Kier alpha value is -1.09. The monoisotopic (exact) mass is 489 g/mol. The van der Waals surface area contributed by atoms with Crippen molar-refractivity contribution in [3.8, 4) is 5.88 Å². The SMILES string of the molecule is CCCCOc1ncccc1CNC(=NC)NC1CCN(CCC)CC1.I. The summed E-state index contributed by atoms with van der Waals surface area (Å²) in [6.07, 6.45) is 7.51. The Bertz CT molecular complexity index is 547. The van der Waals surface area contributed by atoms with E-state index in [4.69, 9.17) is 4.74 Å². The lowest BCUT2D eigenvalue weighted by Gasteiger charge is -2.32. The van der Waals surface area contributed by atoms with Gasteiger partial charge in [-0.25, -0.2) is 4.98 Å². The number of aromatic nitrogens is 1. The molecule has 0 atom stereocenters. The van der Waals surface area contributed by atoms with E-state index in [1.807, 2.05) is 13.1 Å². The Morgan fingerprint density at radius 1 is 1.30 bits per heavy atom. The van der Waals surface area contributed by atoms with Gasteiger partial charge in [-0.3, -0.25) is 4.99 Å². The summed E-state index contributed by atoms with van der Waals surface area (Å²) >= 11 is 0. The third-order valence-corrected chi connectivity index (χ3v) is 4.72. The summed E-state index contributed by atoms with van der Waals surface area (Å²) in [6, 6.07) is 4.49. The minimum Gasteiger partial charge on any atom is -0.477 e. The zero-order chi connectivity index (χ0) is 18.6. The zero-order valence-corrected chi connectivity index (χ0v) is 19.4. The Morgan fingerprint density at radius 3 is 2.74 bits per heavy atom. The third kappa shape index (κ3) is 8.64. The standard InChI is InChI=1S/C20H35N5O.HI/c1-4-6-15-26-19-17(8-7-11-22-19)16-23-20(21-3)24-18-9-13-25(12-5-2)14-10-18;/h7-8,11,18H,4-6,9-10,12-16H2,1-3H3,(H2,21,23,24);1H. The molecule has 7 heteroatoms. The van der Waals surface area contributed by atoms with Crippen LogP contribution < -0.4 is 15.4 Å². The van der Waals surface area contributed by atoms with E-state index in [1.165, 1.54) is 38.9 Å². The summed E-state index contributed by atoms with van der Waals surface area (Å²) in [6.45, 7) is 9.32. The fraction of sp³-hybridized carbons (Fsp3) is 0.700. The molecule has 0 bridgehead atoms. The van der Waals surface area contributed by atoms with Crippen molar-refractivity contribution < 1.29 is 4.74 Å². The van der Waals surface area contributed by atoms with Crippen molar-refractivity contribution in [2.24, 2.45) is 4.99 Å². The fourth-order valence-corrected chi connectivity index (χ4v) is 3.19. The number of unbranched alkanes of at least 4 members (excludes halogenated alkanes) is 1. The minimum atomic E-state index is 0. The highest BCUT2D eigenvalue weighted by Crippen LogP contribution is 2.15. The molecule has 2 N–H and O–H groups in total. The molecule has 1 aromatic rings. The lowest BCUT2D eigenvalue weighted by molar-refractivity contribution is 0.206. The number of aliphatic imine (C=N–C) groups is 1. The number of pyridine rings is 1. The maximum absolute atomic E-state index is 5.81. The van der Waals surface area contributed by atoms with Crippen molar-refractivity contribution in [1.29, 1.82) is 0 Å². The van der Waals surface area contributed by atoms with Gasteiger partial charge < -0.3 is 20.3 Å². The van der Waals surface area contributed by atoms with E-state index >= 15 is 0 Å². The van der Waals surface area contributed by atoms with Crippen molar-refractivity contribution in [3.05, 3.63) is 23.9 Å². The second-order valence-corrected chi connectivity index (χ2v) is 6.86. The summed E-state index contributed by atoms with van der Waals surface area (Å²) in [7, 11) is 1.82. The van der Waals surface area contributed by atoms with E-state index in [9.17, 15) is 0 Å². The van der Waals surface area contributed by atoms with Gasteiger partial charge in [0.15, 0.2) is 5.96 Å². The minimum absolute atomic E-state index is 0. The highest BCUT2D eigenvalue weighted by atomic mass is 127. The quantitative estimate of drug-likeness (QED) is 0.241. The molecule has 0 spiro atoms. The molecule has 2 rings (SSSR count). The highest BCUT2D eigenvalue weighted by Gasteiger charge is 2.19. The van der Waals surface area contributed by atoms with Gasteiger partial charge in [-0.1, -0.05) is 26.3 Å². The van der Waals surface area contributed by atoms with E-state index < -0.39 is 0 Å². The number of hydrogen-bond acceptors (Lipinski definition) is 4. The van der Waals surface area contributed by atoms with Gasteiger partial charge in [0.25, 0.3) is 0 Å². The van der Waals surface area contributed by atoms with E-state index in [0.717, 1.165) is 30.2 Å². The average molecular weight is 489 g/mol. The topological polar surface area (TPSA) is 61.8 Å². The van der Waals surface area contributed by atoms with Crippen molar-refractivity contribution in [2.45, 2.75) is 58.5 Å². The normalized spacial score (nSPS) is 15.9. The molecule has 1 aliphatic rings. The highest BCUT2D eigenvalue weighted by molar-refractivity contribution is 14.0. The number of nitrogens with one attached hydrogen (secondary N) is 2. The molecular formula is C20H36IN5O. The van der Waals surface area contributed by atoms with Gasteiger partial charge >= 0.3 is 0 Å². The van der Waals surface area contributed by atoms with Crippen LogP contribution in [0.1, 0.15) is 51.5 Å². The second-order valence-electron chi connectivity index (χ2n) is 6.86. The molecular weight excluding hydrogens is 453 g/mol. The molecule has 27 heavy (non-hydrogen) atoms. The third-order valence-electron chi connectivity index (χ3n) is 4.72. The molecule has 0 unspecified atom stereocenters. The lowest BCUT2D eigenvalue weighted by Crippen LogP contribution is -2.48. The summed E-state index contributed by atoms with van der Waals surface area (Å²) in [5.41, 5.74) is 1.06. The zero-order valence-electron chi connectivity index (χ0n) is 17.0. The van der Waals surface area contributed by atoms with Crippen LogP contribution >= 0.6 is 24.0 Å². The summed E-state index contributed by atoms with van der Waals surface area (Å²) < 4.78 is 5.81. The summed E-state index contributed by atoms with van der Waals surface area (Å²) in [4.78, 5) is 11.3. The van der Waals surface area contributed by atoms with Crippen LogP contribution in [0.2, 0.25) is 0 Å². The lowest BCUT2D eigenvalue weighted by atomic mass is 10.1. The maximum atomic E-state index is 5.81. The first-order valence-electron chi connectivity index (χ1n) is 10.0. The second kappa shape index (κ2) is 14.0. The van der Waals surface area contributed by atoms with Crippen molar-refractivity contribution >= 4 is 29.9 Å². The van der Waals surface area contributed by atoms with Gasteiger partial charge in [-0.2, -0.15) is 0 Å². The molecule has 0 amide bonds. The van der Waals surface area contributed by atoms with Crippen molar-refractivity contribution in [1.82, 2.24) is 20.5 Å². The van der Waals surface area contributed by atoms with Gasteiger partial charge in [0.2, 0.25) is 5.88 Å². The first-order valence-corrected chi connectivity index (χ1v) is 10.0. The molecule has 1 aromatic heterocycles. The van der Waals surface area contributed by atoms with Crippen LogP contribution in [-0.2, 0) is 6.54 Å². The van der Waals surface area contributed by atoms with Crippen LogP contribution in [0.4, 0.5) is 0 Å². The Kier molecular flexibility index (Phi) is 12.4. The number of likely N-dealkylation sites (tertiary alicyclic amines) is 1. The first-order chi connectivity index (χ1) is 12.8. The van der Waals surface area contributed by atoms with Gasteiger partial charge in [-0.15, -0.1) is 24.0 Å². The molecule has 154 valence electrons. The van der Waals surface area contributed by atoms with Crippen LogP contribution in [0.15, 0.2) is 23.3 Å². The van der Waals surface area contributed by atoms with Gasteiger partial charge in [-0.05, 0) is 38.3 Å². The first kappa shape index (κ1) is 23.9. The summed E-state index contributed by atoms with van der Waals surface area (Å²) in [5.74, 6) is 1.57. The molecule has 0 aliphatic carbocycles. The van der Waals surface area contributed by atoms with Crippen LogP contribution in [0.5, 0.6) is 5.88 Å². The number of guanidine groups is 1. The number of ether oxygens (including phenoxy) is 1. The molecule has 0 aromatic carbocycles. The molecule has 1 saturated heterocycles. The number of nitrogens with zero attached hydrogens (tertiary/aromatic N) is 3. The van der Waals surface area contributed by atoms with Crippen molar-refractivity contribution in [2.75, 3.05) is 33.3 Å². The Balaban J connectivity index is 0.00000364. The average Bonchev–Trinajstić information content (AvgIpc) is 2.68. The van der Waals surface area contributed by atoms with Crippen LogP contribution in [0.3, 0.4) is 0 Å². The fourth-order valence-electron chi connectivity index (χ4n) is 3.19. The van der Waals surface area contributed by atoms with Gasteiger partial charge in [0.05, 0.1) is 6.61 Å². The van der Waals surface area contributed by atoms with Gasteiger partial charge in [0.1, 0.15) is 0 Å². The van der Waals surface area contributed by atoms with E-state index in [-0.39, 0.29) is 24.0 Å². The molecule has 2 heterocycles. The van der Waals surface area contributed by atoms with Gasteiger partial charge in [0, 0.05) is 44.5 Å². The molecule has 1 aliphatic heterocycles. The molecule has 0 saturated carbocycles. The number of rotatable bonds is 9. The Labute approximate surface area is 181 Å². The molecule has 6 nitrogen and oxygen atoms in total. The number of piperidine rings is 1. The molecule has 1 fully saturated rings. The molecule has 0 radical (unpaired) electrons. The maximum Gasteiger partial charge on any atom is 0.218 e. The predicted octanol–water partition coefficient (Wildman–Crippen LogP) is 3.42. The van der Waals surface area contributed by atoms with E-state index in [2.05, 4.69) is 45.4 Å². The summed E-state index contributed by atoms with van der Waals surface area (Å²) in [5, 5.41) is 6.97.